The van der Waals surface area contributed by atoms with Crippen LogP contribution in [-0.4, -0.2) is 51.1 Å². The van der Waals surface area contributed by atoms with Crippen LogP contribution in [0.4, 0.5) is 4.79 Å². The van der Waals surface area contributed by atoms with Crippen LogP contribution in [0.15, 0.2) is 58.2 Å². The lowest BCUT2D eigenvalue weighted by atomic mass is 9.83. The third-order valence-electron chi connectivity index (χ3n) is 6.35. The highest BCUT2D eigenvalue weighted by atomic mass is 32.2. The lowest BCUT2D eigenvalue weighted by molar-refractivity contribution is -0.134. The first-order valence-corrected chi connectivity index (χ1v) is 11.6. The van der Waals surface area contributed by atoms with Gasteiger partial charge in [-0.25, -0.2) is 0 Å². The number of rotatable bonds is 4. The Labute approximate surface area is 189 Å². The van der Waals surface area contributed by atoms with Gasteiger partial charge in [-0.05, 0) is 41.8 Å². The molecule has 5 rings (SSSR count). The van der Waals surface area contributed by atoms with Crippen LogP contribution in [0.2, 0.25) is 0 Å². The van der Waals surface area contributed by atoms with Gasteiger partial charge in [0.1, 0.15) is 0 Å². The van der Waals surface area contributed by atoms with Crippen molar-refractivity contribution in [3.8, 4) is 0 Å². The molecule has 2 atom stereocenters. The number of thioether (sulfide) groups is 1. The second kappa shape index (κ2) is 8.43. The Morgan fingerprint density at radius 3 is 2.62 bits per heavy atom. The summed E-state index contributed by atoms with van der Waals surface area (Å²) in [4.78, 5) is 53.6. The van der Waals surface area contributed by atoms with Crippen molar-refractivity contribution in [2.75, 3.05) is 19.6 Å². The van der Waals surface area contributed by atoms with Gasteiger partial charge in [0.05, 0.1) is 4.91 Å². The average molecular weight is 450 g/mol. The van der Waals surface area contributed by atoms with Crippen molar-refractivity contribution in [2.45, 2.75) is 25.3 Å². The summed E-state index contributed by atoms with van der Waals surface area (Å²) in [6.07, 6.45) is 2.79. The van der Waals surface area contributed by atoms with Crippen LogP contribution in [-0.2, 0) is 16.1 Å². The molecule has 3 aliphatic rings. The summed E-state index contributed by atoms with van der Waals surface area (Å²) in [7, 11) is 0. The van der Waals surface area contributed by atoms with Gasteiger partial charge in [0.25, 0.3) is 16.7 Å². The molecule has 7 nitrogen and oxygen atoms in total. The van der Waals surface area contributed by atoms with Crippen molar-refractivity contribution >= 4 is 34.9 Å². The Hall–Kier alpha value is -3.13. The molecular weight excluding hydrogens is 426 g/mol. The van der Waals surface area contributed by atoms with E-state index < -0.39 is 0 Å². The molecule has 4 heterocycles. The molecular formula is C24H23N3O4S. The van der Waals surface area contributed by atoms with Crippen LogP contribution in [0.3, 0.4) is 0 Å². The summed E-state index contributed by atoms with van der Waals surface area (Å²) < 4.78 is 1.83. The molecule has 32 heavy (non-hydrogen) atoms. The topological polar surface area (TPSA) is 79.7 Å². The second-order valence-electron chi connectivity index (χ2n) is 8.49. The molecule has 1 aromatic carbocycles. The van der Waals surface area contributed by atoms with Crippen molar-refractivity contribution < 1.29 is 14.4 Å². The summed E-state index contributed by atoms with van der Waals surface area (Å²) in [5.74, 6) is -0.0133. The standard InChI is InChI=1S/C24H23N3O4S/c28-21(25-13-17-11-18(15-25)19-7-4-8-22(29)27(19)14-17)9-10-26-23(30)20(32-24(26)31)12-16-5-2-1-3-6-16/h1-8,12,17-18H,9-11,13-15H2/b20-12-. The third-order valence-corrected chi connectivity index (χ3v) is 7.26. The molecule has 8 heteroatoms. The number of likely N-dealkylation sites (tertiary alicyclic amines) is 1. The molecule has 0 radical (unpaired) electrons. The van der Waals surface area contributed by atoms with E-state index in [0.717, 1.165) is 34.3 Å². The molecule has 2 bridgehead atoms. The van der Waals surface area contributed by atoms with E-state index in [4.69, 9.17) is 0 Å². The van der Waals surface area contributed by atoms with Gasteiger partial charge in [0, 0.05) is 50.3 Å². The number of imide groups is 1. The Morgan fingerprint density at radius 1 is 1.00 bits per heavy atom. The van der Waals surface area contributed by atoms with Crippen LogP contribution >= 0.6 is 11.8 Å². The maximum Gasteiger partial charge on any atom is 0.293 e. The van der Waals surface area contributed by atoms with Crippen molar-refractivity contribution in [2.24, 2.45) is 5.92 Å². The van der Waals surface area contributed by atoms with E-state index in [9.17, 15) is 19.2 Å². The summed E-state index contributed by atoms with van der Waals surface area (Å²) >= 11 is 0.912. The van der Waals surface area contributed by atoms with E-state index in [1.54, 1.807) is 18.2 Å². The first kappa shape index (κ1) is 20.8. The van der Waals surface area contributed by atoms with Gasteiger partial charge in [-0.2, -0.15) is 0 Å². The molecule has 2 aromatic rings. The zero-order chi connectivity index (χ0) is 22.2. The molecule has 2 unspecified atom stereocenters. The largest absolute Gasteiger partial charge is 0.342 e. The lowest BCUT2D eigenvalue weighted by Gasteiger charge is -2.42. The maximum absolute atomic E-state index is 12.9. The number of hydrogen-bond acceptors (Lipinski definition) is 5. The van der Waals surface area contributed by atoms with Crippen LogP contribution in [0.5, 0.6) is 0 Å². The van der Waals surface area contributed by atoms with Crippen LogP contribution in [0.1, 0.15) is 30.0 Å². The van der Waals surface area contributed by atoms with Crippen molar-refractivity contribution in [1.82, 2.24) is 14.4 Å². The second-order valence-corrected chi connectivity index (χ2v) is 9.48. The fourth-order valence-electron chi connectivity index (χ4n) is 4.86. The molecule has 3 amide bonds. The highest BCUT2D eigenvalue weighted by Gasteiger charge is 2.38. The fraction of sp³-hybridized carbons (Fsp3) is 0.333. The normalized spacial score (nSPS) is 23.6. The minimum Gasteiger partial charge on any atom is -0.342 e. The number of carbonyl (C=O) groups is 3. The average Bonchev–Trinajstić information content (AvgIpc) is 3.05. The Balaban J connectivity index is 1.23. The first-order chi connectivity index (χ1) is 15.5. The molecule has 0 spiro atoms. The van der Waals surface area contributed by atoms with E-state index in [1.165, 1.54) is 0 Å². The number of hydrogen-bond donors (Lipinski definition) is 0. The van der Waals surface area contributed by atoms with Crippen LogP contribution < -0.4 is 5.56 Å². The number of carbonyl (C=O) groups excluding carboxylic acids is 3. The molecule has 1 aromatic heterocycles. The van der Waals surface area contributed by atoms with E-state index in [-0.39, 0.29) is 47.4 Å². The van der Waals surface area contributed by atoms with E-state index in [2.05, 4.69) is 0 Å². The monoisotopic (exact) mass is 449 g/mol. The lowest BCUT2D eigenvalue weighted by Crippen LogP contribution is -2.49. The quantitative estimate of drug-likeness (QED) is 0.671. The van der Waals surface area contributed by atoms with E-state index >= 15 is 0 Å². The predicted molar refractivity (Wildman–Crippen MR) is 122 cm³/mol. The summed E-state index contributed by atoms with van der Waals surface area (Å²) in [6.45, 7) is 1.88. The number of aromatic nitrogens is 1. The molecule has 3 aliphatic heterocycles. The fourth-order valence-corrected chi connectivity index (χ4v) is 5.72. The van der Waals surface area contributed by atoms with Gasteiger partial charge in [0.15, 0.2) is 0 Å². The minimum atomic E-state index is -0.347. The van der Waals surface area contributed by atoms with E-state index in [1.807, 2.05) is 45.9 Å². The zero-order valence-corrected chi connectivity index (χ0v) is 18.3. The zero-order valence-electron chi connectivity index (χ0n) is 17.5. The number of amides is 3. The van der Waals surface area contributed by atoms with E-state index in [0.29, 0.717) is 24.5 Å². The number of pyridine rings is 1. The molecule has 2 saturated heterocycles. The van der Waals surface area contributed by atoms with Gasteiger partial charge in [-0.1, -0.05) is 36.4 Å². The van der Waals surface area contributed by atoms with Gasteiger partial charge < -0.3 is 9.47 Å². The first-order valence-electron chi connectivity index (χ1n) is 10.8. The summed E-state index contributed by atoms with van der Waals surface area (Å²) in [5, 5.41) is -0.339. The summed E-state index contributed by atoms with van der Waals surface area (Å²) in [6, 6.07) is 14.7. The Kier molecular flexibility index (Phi) is 5.46. The van der Waals surface area contributed by atoms with Crippen LogP contribution in [0.25, 0.3) is 6.08 Å². The summed E-state index contributed by atoms with van der Waals surface area (Å²) in [5.41, 5.74) is 1.86. The Bertz CT molecular complexity index is 1170. The van der Waals surface area contributed by atoms with Crippen molar-refractivity contribution in [1.29, 1.82) is 0 Å². The van der Waals surface area contributed by atoms with Gasteiger partial charge in [0.2, 0.25) is 5.91 Å². The Morgan fingerprint density at radius 2 is 1.81 bits per heavy atom. The SMILES string of the molecule is O=C(CCN1C(=O)S/C(=C\c2ccccc2)C1=O)N1CC2CC(C1)c1cccc(=O)n1C2. The smallest absolute Gasteiger partial charge is 0.293 e. The predicted octanol–water partition coefficient (Wildman–Crippen LogP) is 2.92. The number of benzene rings is 1. The third kappa shape index (κ3) is 3.90. The van der Waals surface area contributed by atoms with Gasteiger partial charge >= 0.3 is 0 Å². The molecule has 164 valence electrons. The molecule has 0 N–H and O–H groups in total. The highest BCUT2D eigenvalue weighted by Crippen LogP contribution is 2.36. The van der Waals surface area contributed by atoms with Crippen molar-refractivity contribution in [3.05, 3.63) is 75.0 Å². The van der Waals surface area contributed by atoms with Crippen molar-refractivity contribution in [3.63, 3.8) is 0 Å². The van der Waals surface area contributed by atoms with Gasteiger partial charge in [-0.15, -0.1) is 0 Å². The van der Waals surface area contributed by atoms with Crippen LogP contribution in [0, 0.1) is 5.92 Å². The minimum absolute atomic E-state index is 0.0138. The molecule has 2 fully saturated rings. The molecule has 0 saturated carbocycles. The molecule has 0 aliphatic carbocycles. The number of piperidine rings is 1. The van der Waals surface area contributed by atoms with Gasteiger partial charge in [-0.3, -0.25) is 24.1 Å². The maximum atomic E-state index is 12.9. The number of fused-ring (bicyclic) bond motifs is 4. The highest BCUT2D eigenvalue weighted by molar-refractivity contribution is 8.18. The number of nitrogens with zero attached hydrogens (tertiary/aromatic N) is 3.